The molecule has 2 aliphatic rings. The van der Waals surface area contributed by atoms with Crippen LogP contribution in [0, 0.1) is 0 Å². The number of ether oxygens (including phenoxy) is 2. The van der Waals surface area contributed by atoms with Gasteiger partial charge in [0, 0.05) is 5.56 Å². The molecule has 1 aromatic rings. The number of benzene rings is 1. The predicted molar refractivity (Wildman–Crippen MR) is 58.3 cm³/mol. The Balaban J connectivity index is 1.94. The van der Waals surface area contributed by atoms with Crippen LogP contribution in [-0.2, 0) is 9.47 Å². The number of hydrogen-bond acceptors (Lipinski definition) is 2. The van der Waals surface area contributed by atoms with Crippen molar-refractivity contribution in [1.82, 2.24) is 0 Å². The van der Waals surface area contributed by atoms with Gasteiger partial charge in [-0.25, -0.2) is 0 Å². The number of allylic oxidation sites excluding steroid dienone is 1. The third-order valence-corrected chi connectivity index (χ3v) is 2.77. The molecule has 0 radical (unpaired) electrons. The average molecular weight is 202 g/mol. The van der Waals surface area contributed by atoms with Gasteiger partial charge in [0.2, 0.25) is 0 Å². The van der Waals surface area contributed by atoms with E-state index >= 15 is 0 Å². The van der Waals surface area contributed by atoms with Gasteiger partial charge in [-0.3, -0.25) is 0 Å². The second kappa shape index (κ2) is 3.80. The Morgan fingerprint density at radius 2 is 1.80 bits per heavy atom. The molecule has 2 fully saturated rings. The topological polar surface area (TPSA) is 18.5 Å². The average Bonchev–Trinajstić information content (AvgIpc) is 2.93. The fraction of sp³-hybridized carbons (Fsp3) is 0.385. The Hall–Kier alpha value is -1.12. The highest BCUT2D eigenvalue weighted by atomic mass is 16.7. The van der Waals surface area contributed by atoms with Crippen LogP contribution >= 0.6 is 0 Å². The van der Waals surface area contributed by atoms with Crippen molar-refractivity contribution < 1.29 is 9.47 Å². The van der Waals surface area contributed by atoms with E-state index in [1.165, 1.54) is 24.0 Å². The van der Waals surface area contributed by atoms with Gasteiger partial charge < -0.3 is 9.47 Å². The van der Waals surface area contributed by atoms with Crippen molar-refractivity contribution >= 4 is 6.08 Å². The predicted octanol–water partition coefficient (Wildman–Crippen LogP) is 2.91. The molecule has 0 bridgehead atoms. The first-order chi connectivity index (χ1) is 7.43. The molecule has 2 nitrogen and oxygen atoms in total. The molecule has 1 aliphatic carbocycles. The second-order valence-corrected chi connectivity index (χ2v) is 4.01. The molecule has 1 saturated heterocycles. The first-order valence-electron chi connectivity index (χ1n) is 5.45. The zero-order valence-corrected chi connectivity index (χ0v) is 8.61. The van der Waals surface area contributed by atoms with Crippen molar-refractivity contribution in [1.29, 1.82) is 0 Å². The molecule has 78 valence electrons. The Morgan fingerprint density at radius 1 is 1.07 bits per heavy atom. The molecule has 0 N–H and O–H groups in total. The zero-order valence-electron chi connectivity index (χ0n) is 8.61. The van der Waals surface area contributed by atoms with E-state index in [1.54, 1.807) is 0 Å². The van der Waals surface area contributed by atoms with E-state index in [2.05, 4.69) is 24.3 Å². The highest BCUT2D eigenvalue weighted by Crippen LogP contribution is 2.33. The van der Waals surface area contributed by atoms with Crippen LogP contribution in [0.4, 0.5) is 0 Å². The highest BCUT2D eigenvalue weighted by molar-refractivity contribution is 5.59. The summed E-state index contributed by atoms with van der Waals surface area (Å²) in [6.07, 6.45) is 4.61. The quantitative estimate of drug-likeness (QED) is 0.734. The SMILES string of the molecule is C(=C1CC1)c1ccccc1C1OCCO1. The van der Waals surface area contributed by atoms with Crippen LogP contribution in [0.15, 0.2) is 29.8 Å². The molecule has 1 aliphatic heterocycles. The smallest absolute Gasteiger partial charge is 0.184 e. The molecule has 1 saturated carbocycles. The lowest BCUT2D eigenvalue weighted by Crippen LogP contribution is -2.00. The minimum atomic E-state index is -0.156. The van der Waals surface area contributed by atoms with E-state index in [0.29, 0.717) is 13.2 Å². The lowest BCUT2D eigenvalue weighted by Gasteiger charge is -2.12. The lowest BCUT2D eigenvalue weighted by molar-refractivity contribution is -0.0442. The van der Waals surface area contributed by atoms with Crippen LogP contribution < -0.4 is 0 Å². The van der Waals surface area contributed by atoms with E-state index in [1.807, 2.05) is 6.07 Å². The summed E-state index contributed by atoms with van der Waals surface area (Å²) >= 11 is 0. The molecule has 0 atom stereocenters. The summed E-state index contributed by atoms with van der Waals surface area (Å²) in [5, 5.41) is 0. The standard InChI is InChI=1S/C13H14O2/c1-2-4-12(13-14-7-8-15-13)11(3-1)9-10-5-6-10/h1-4,9,13H,5-8H2. The van der Waals surface area contributed by atoms with Crippen LogP contribution in [0.5, 0.6) is 0 Å². The maximum Gasteiger partial charge on any atom is 0.184 e. The fourth-order valence-electron chi connectivity index (χ4n) is 1.83. The summed E-state index contributed by atoms with van der Waals surface area (Å²) in [5.74, 6) is 0. The normalized spacial score (nSPS) is 20.7. The van der Waals surface area contributed by atoms with Gasteiger partial charge in [-0.2, -0.15) is 0 Å². The van der Waals surface area contributed by atoms with Crippen molar-refractivity contribution in [3.8, 4) is 0 Å². The van der Waals surface area contributed by atoms with E-state index in [4.69, 9.17) is 9.47 Å². The van der Waals surface area contributed by atoms with Crippen molar-refractivity contribution in [3.05, 3.63) is 41.0 Å². The van der Waals surface area contributed by atoms with Crippen molar-refractivity contribution in [2.75, 3.05) is 13.2 Å². The maximum atomic E-state index is 5.53. The summed E-state index contributed by atoms with van der Waals surface area (Å²) in [7, 11) is 0. The number of hydrogen-bond donors (Lipinski definition) is 0. The van der Waals surface area contributed by atoms with Gasteiger partial charge in [-0.15, -0.1) is 0 Å². The van der Waals surface area contributed by atoms with Crippen molar-refractivity contribution in [2.45, 2.75) is 19.1 Å². The molecule has 3 rings (SSSR count). The van der Waals surface area contributed by atoms with Crippen molar-refractivity contribution in [2.24, 2.45) is 0 Å². The van der Waals surface area contributed by atoms with Gasteiger partial charge in [0.15, 0.2) is 6.29 Å². The monoisotopic (exact) mass is 202 g/mol. The van der Waals surface area contributed by atoms with Gasteiger partial charge >= 0.3 is 0 Å². The third-order valence-electron chi connectivity index (χ3n) is 2.77. The van der Waals surface area contributed by atoms with E-state index in [-0.39, 0.29) is 6.29 Å². The van der Waals surface area contributed by atoms with Gasteiger partial charge in [-0.05, 0) is 18.4 Å². The first-order valence-corrected chi connectivity index (χ1v) is 5.45. The van der Waals surface area contributed by atoms with Crippen LogP contribution in [-0.4, -0.2) is 13.2 Å². The highest BCUT2D eigenvalue weighted by Gasteiger charge is 2.21. The Labute approximate surface area is 89.5 Å². The summed E-state index contributed by atoms with van der Waals surface area (Å²) in [5.41, 5.74) is 3.94. The summed E-state index contributed by atoms with van der Waals surface area (Å²) in [4.78, 5) is 0. The largest absolute Gasteiger partial charge is 0.346 e. The molecular weight excluding hydrogens is 188 g/mol. The van der Waals surface area contributed by atoms with E-state index in [0.717, 1.165) is 5.56 Å². The minimum Gasteiger partial charge on any atom is -0.346 e. The van der Waals surface area contributed by atoms with Gasteiger partial charge in [0.05, 0.1) is 13.2 Å². The third kappa shape index (κ3) is 1.96. The van der Waals surface area contributed by atoms with Crippen LogP contribution in [0.2, 0.25) is 0 Å². The number of rotatable bonds is 2. The van der Waals surface area contributed by atoms with Gasteiger partial charge in [0.1, 0.15) is 0 Å². The maximum absolute atomic E-state index is 5.53. The summed E-state index contributed by atoms with van der Waals surface area (Å²) in [6.45, 7) is 1.41. The molecule has 0 aromatic heterocycles. The molecule has 0 amide bonds. The van der Waals surface area contributed by atoms with E-state index in [9.17, 15) is 0 Å². The Kier molecular flexibility index (Phi) is 2.31. The molecule has 2 heteroatoms. The lowest BCUT2D eigenvalue weighted by atomic mass is 10.1. The molecular formula is C13H14O2. The van der Waals surface area contributed by atoms with Gasteiger partial charge in [0.25, 0.3) is 0 Å². The Morgan fingerprint density at radius 3 is 2.53 bits per heavy atom. The Bertz CT molecular complexity index is 383. The molecule has 0 spiro atoms. The fourth-order valence-corrected chi connectivity index (χ4v) is 1.83. The zero-order chi connectivity index (χ0) is 10.1. The minimum absolute atomic E-state index is 0.156. The van der Waals surface area contributed by atoms with Crippen LogP contribution in [0.3, 0.4) is 0 Å². The first kappa shape index (κ1) is 9.13. The van der Waals surface area contributed by atoms with E-state index < -0.39 is 0 Å². The van der Waals surface area contributed by atoms with Gasteiger partial charge in [-0.1, -0.05) is 35.9 Å². The molecule has 1 aromatic carbocycles. The molecule has 1 heterocycles. The second-order valence-electron chi connectivity index (χ2n) is 4.01. The van der Waals surface area contributed by atoms with Crippen LogP contribution in [0.25, 0.3) is 6.08 Å². The van der Waals surface area contributed by atoms with Crippen LogP contribution in [0.1, 0.15) is 30.3 Å². The molecule has 0 unspecified atom stereocenters. The summed E-state index contributed by atoms with van der Waals surface area (Å²) < 4.78 is 11.1. The molecule has 15 heavy (non-hydrogen) atoms. The summed E-state index contributed by atoms with van der Waals surface area (Å²) in [6, 6.07) is 8.32. The van der Waals surface area contributed by atoms with Crippen molar-refractivity contribution in [3.63, 3.8) is 0 Å².